The predicted molar refractivity (Wildman–Crippen MR) is 63.1 cm³/mol. The Labute approximate surface area is 100 Å². The zero-order valence-electron chi connectivity index (χ0n) is 9.98. The third-order valence-corrected chi connectivity index (χ3v) is 3.17. The van der Waals surface area contributed by atoms with Crippen molar-refractivity contribution in [1.82, 2.24) is 0 Å². The highest BCUT2D eigenvalue weighted by Crippen LogP contribution is 2.21. The maximum absolute atomic E-state index is 11.0. The molecule has 1 fully saturated rings. The van der Waals surface area contributed by atoms with E-state index >= 15 is 0 Å². The number of aromatic nitrogens is 1. The summed E-state index contributed by atoms with van der Waals surface area (Å²) in [4.78, 5) is 17.2. The van der Waals surface area contributed by atoms with Crippen LogP contribution in [0.3, 0.4) is 0 Å². The van der Waals surface area contributed by atoms with Crippen LogP contribution in [0.2, 0.25) is 0 Å². The van der Waals surface area contributed by atoms with Crippen molar-refractivity contribution in [2.24, 2.45) is 0 Å². The summed E-state index contributed by atoms with van der Waals surface area (Å²) in [6.45, 7) is 3.86. The lowest BCUT2D eigenvalue weighted by Crippen LogP contribution is -3.09. The van der Waals surface area contributed by atoms with Crippen molar-refractivity contribution < 1.29 is 14.8 Å². The van der Waals surface area contributed by atoms with E-state index in [2.05, 4.69) is 16.9 Å². The summed E-state index contributed by atoms with van der Waals surface area (Å²) >= 11 is 0. The summed E-state index contributed by atoms with van der Waals surface area (Å²) < 4.78 is 0. The number of rotatable bonds is 2. The van der Waals surface area contributed by atoms with Gasteiger partial charge in [0.2, 0.25) is 0 Å². The minimum atomic E-state index is -0.326. The number of likely N-dealkylation sites (N-methyl/N-ethyl adjacent to an activating group) is 1. The Morgan fingerprint density at radius 2 is 2.29 bits per heavy atom. The van der Waals surface area contributed by atoms with E-state index < -0.39 is 0 Å². The first kappa shape index (κ1) is 11.8. The maximum Gasteiger partial charge on any atom is 0.357 e. The molecule has 0 saturated carbocycles. The van der Waals surface area contributed by atoms with Crippen molar-refractivity contribution in [2.75, 3.05) is 38.1 Å². The third-order valence-electron chi connectivity index (χ3n) is 3.17. The quantitative estimate of drug-likeness (QED) is 0.538. The van der Waals surface area contributed by atoms with E-state index in [1.165, 1.54) is 4.90 Å². The van der Waals surface area contributed by atoms with Gasteiger partial charge in [-0.25, -0.2) is 9.88 Å². The van der Waals surface area contributed by atoms with Crippen molar-refractivity contribution in [2.45, 2.75) is 6.42 Å². The van der Waals surface area contributed by atoms with Crippen molar-refractivity contribution >= 4 is 11.5 Å². The second-order valence-electron chi connectivity index (χ2n) is 4.46. The fourth-order valence-electron chi connectivity index (χ4n) is 2.18. The Kier molecular flexibility index (Phi) is 3.53. The van der Waals surface area contributed by atoms with Gasteiger partial charge >= 0.3 is 11.5 Å². The highest BCUT2D eigenvalue weighted by molar-refractivity contribution is 5.53. The lowest BCUT2D eigenvalue weighted by Gasteiger charge is -2.12. The average Bonchev–Trinajstić information content (AvgIpc) is 2.54. The molecule has 17 heavy (non-hydrogen) atoms. The van der Waals surface area contributed by atoms with E-state index in [0.717, 1.165) is 32.6 Å². The molecule has 1 atom stereocenters. The Morgan fingerprint density at radius 3 is 3.06 bits per heavy atom. The van der Waals surface area contributed by atoms with Crippen LogP contribution in [0.15, 0.2) is 18.3 Å². The van der Waals surface area contributed by atoms with Crippen LogP contribution >= 0.6 is 0 Å². The van der Waals surface area contributed by atoms with Crippen LogP contribution in [-0.2, 0) is 0 Å². The van der Waals surface area contributed by atoms with Gasteiger partial charge in [-0.15, -0.1) is 0 Å². The van der Waals surface area contributed by atoms with E-state index in [-0.39, 0.29) is 10.6 Å². The molecule has 1 unspecified atom stereocenters. The molecule has 2 heterocycles. The van der Waals surface area contributed by atoms with E-state index in [1.54, 1.807) is 18.3 Å². The van der Waals surface area contributed by atoms with Crippen LogP contribution in [0, 0.1) is 10.1 Å². The molecule has 6 heteroatoms. The molecule has 1 aromatic rings. The molecule has 0 aliphatic carbocycles. The molecule has 1 aromatic heterocycles. The largest absolute Gasteiger partial charge is 0.357 e. The first-order valence-corrected chi connectivity index (χ1v) is 5.90. The zero-order chi connectivity index (χ0) is 12.3. The highest BCUT2D eigenvalue weighted by atomic mass is 16.6. The average molecular weight is 238 g/mol. The summed E-state index contributed by atoms with van der Waals surface area (Å²) in [6.07, 6.45) is 2.80. The molecule has 2 rings (SSSR count). The standard InChI is InChI=1S/C11H16N4O2/c1-13-6-3-7-14(9-8-13)11-10(15(16)17)4-2-5-12-11/h2,4-5H,3,6-9H2,1H3/p+2. The van der Waals surface area contributed by atoms with Crippen molar-refractivity contribution in [1.29, 1.82) is 0 Å². The normalized spacial score (nSPS) is 21.0. The number of nitrogens with one attached hydrogen (secondary N) is 2. The predicted octanol–water partition coefficient (Wildman–Crippen LogP) is -0.866. The molecule has 6 nitrogen and oxygen atoms in total. The molecule has 0 radical (unpaired) electrons. The van der Waals surface area contributed by atoms with E-state index in [9.17, 15) is 10.1 Å². The molecular formula is C11H18N4O2+2. The molecule has 0 amide bonds. The monoisotopic (exact) mass is 238 g/mol. The molecule has 1 aliphatic heterocycles. The number of quaternary nitrogens is 1. The Balaban J connectivity index is 2.24. The van der Waals surface area contributed by atoms with Crippen LogP contribution in [0.5, 0.6) is 0 Å². The number of aromatic amines is 1. The fraction of sp³-hybridized carbons (Fsp3) is 0.545. The number of nitrogens with zero attached hydrogens (tertiary/aromatic N) is 2. The van der Waals surface area contributed by atoms with E-state index in [0.29, 0.717) is 5.82 Å². The second kappa shape index (κ2) is 5.09. The smallest absolute Gasteiger partial charge is 0.334 e. The van der Waals surface area contributed by atoms with Gasteiger partial charge in [-0.2, -0.15) is 0 Å². The highest BCUT2D eigenvalue weighted by Gasteiger charge is 2.29. The SMILES string of the molecule is C[NH+]1CCCN(c2[nH+]cccc2[N+](=O)[O-])CC1. The molecule has 1 saturated heterocycles. The summed E-state index contributed by atoms with van der Waals surface area (Å²) in [5.74, 6) is 0.632. The van der Waals surface area contributed by atoms with Gasteiger partial charge in [-0.05, 0) is 6.07 Å². The number of pyridine rings is 1. The van der Waals surface area contributed by atoms with Gasteiger partial charge in [0.15, 0.2) is 0 Å². The topological polar surface area (TPSA) is 65.0 Å². The summed E-state index contributed by atoms with van der Waals surface area (Å²) in [6, 6.07) is 3.21. The van der Waals surface area contributed by atoms with Gasteiger partial charge in [0.1, 0.15) is 13.1 Å². The number of anilines is 1. The summed E-state index contributed by atoms with van der Waals surface area (Å²) in [7, 11) is 2.16. The molecule has 1 aliphatic rings. The second-order valence-corrected chi connectivity index (χ2v) is 4.46. The van der Waals surface area contributed by atoms with Crippen LogP contribution in [0.4, 0.5) is 11.5 Å². The van der Waals surface area contributed by atoms with Crippen LogP contribution in [0.1, 0.15) is 6.42 Å². The Morgan fingerprint density at radius 1 is 1.47 bits per heavy atom. The van der Waals surface area contributed by atoms with Gasteiger partial charge in [0.25, 0.3) is 0 Å². The Bertz CT molecular complexity index is 410. The number of hydrogen-bond donors (Lipinski definition) is 1. The first-order chi connectivity index (χ1) is 8.18. The summed E-state index contributed by atoms with van der Waals surface area (Å²) in [5, 5.41) is 11.0. The van der Waals surface area contributed by atoms with Gasteiger partial charge < -0.3 is 4.90 Å². The Hall–Kier alpha value is -1.69. The summed E-state index contributed by atoms with van der Waals surface area (Å²) in [5.41, 5.74) is 0.159. The van der Waals surface area contributed by atoms with E-state index in [4.69, 9.17) is 0 Å². The van der Waals surface area contributed by atoms with Crippen molar-refractivity contribution in [3.63, 3.8) is 0 Å². The molecule has 92 valence electrons. The van der Waals surface area contributed by atoms with Gasteiger partial charge in [-0.1, -0.05) is 0 Å². The van der Waals surface area contributed by atoms with Crippen molar-refractivity contribution in [3.8, 4) is 0 Å². The lowest BCUT2D eigenvalue weighted by atomic mass is 10.3. The van der Waals surface area contributed by atoms with Crippen LogP contribution < -0.4 is 14.8 Å². The molecular weight excluding hydrogens is 220 g/mol. The van der Waals surface area contributed by atoms with Crippen LogP contribution in [0.25, 0.3) is 0 Å². The number of hydrogen-bond acceptors (Lipinski definition) is 3. The lowest BCUT2D eigenvalue weighted by molar-refractivity contribution is -0.876. The number of nitro groups is 1. The molecule has 2 N–H and O–H groups in total. The molecule has 0 bridgehead atoms. The van der Waals surface area contributed by atoms with Gasteiger partial charge in [-0.3, -0.25) is 10.1 Å². The fourth-order valence-corrected chi connectivity index (χ4v) is 2.18. The van der Waals surface area contributed by atoms with Crippen LogP contribution in [-0.4, -0.2) is 38.2 Å². The first-order valence-electron chi connectivity index (χ1n) is 5.90. The van der Waals surface area contributed by atoms with E-state index in [1.807, 2.05) is 0 Å². The third kappa shape index (κ3) is 2.71. The van der Waals surface area contributed by atoms with Crippen molar-refractivity contribution in [3.05, 3.63) is 28.4 Å². The van der Waals surface area contributed by atoms with Gasteiger partial charge in [0, 0.05) is 12.5 Å². The number of H-pyrrole nitrogens is 1. The van der Waals surface area contributed by atoms with Gasteiger partial charge in [0.05, 0.1) is 31.3 Å². The molecule has 0 aromatic carbocycles. The molecule has 0 spiro atoms. The zero-order valence-corrected chi connectivity index (χ0v) is 9.98. The maximum atomic E-state index is 11.0. The minimum Gasteiger partial charge on any atom is -0.334 e. The minimum absolute atomic E-state index is 0.159.